The average Bonchev–Trinajstić information content (AvgIpc) is 3.45. The van der Waals surface area contributed by atoms with Crippen LogP contribution >= 0.6 is 34.0 Å². The Kier molecular flexibility index (Phi) is 4.07. The summed E-state index contributed by atoms with van der Waals surface area (Å²) in [5, 5.41) is 2.40. The van der Waals surface area contributed by atoms with Crippen molar-refractivity contribution in [2.75, 3.05) is 0 Å². The second-order valence-electron chi connectivity index (χ2n) is 6.30. The first-order valence-corrected chi connectivity index (χ1v) is 10.9. The van der Waals surface area contributed by atoms with Crippen molar-refractivity contribution < 1.29 is 0 Å². The minimum atomic E-state index is 1.20. The van der Waals surface area contributed by atoms with Crippen molar-refractivity contribution in [3.63, 3.8) is 0 Å². The number of nitrogens with zero attached hydrogens (tertiary/aromatic N) is 4. The number of imidazole rings is 2. The van der Waals surface area contributed by atoms with Crippen LogP contribution in [-0.2, 0) is 0 Å². The lowest BCUT2D eigenvalue weighted by molar-refractivity contribution is 1.08. The van der Waals surface area contributed by atoms with Crippen molar-refractivity contribution in [2.45, 2.75) is 13.8 Å². The average molecular weight is 409 g/mol. The fourth-order valence-electron chi connectivity index (χ4n) is 3.04. The van der Waals surface area contributed by atoms with Crippen LogP contribution in [0.2, 0.25) is 0 Å². The standard InChI is InChI=1S/C20H16N4S3/c1-13-9-17(23-7-5-21-11-23)26-19(13)15-3-4-16(25-15)20-14(2)10-18(27-20)24-8-6-22-12-24/h3-12H,1-2H3. The van der Waals surface area contributed by atoms with Gasteiger partial charge in [0.1, 0.15) is 10.0 Å². The molecule has 0 fully saturated rings. The fourth-order valence-corrected chi connectivity index (χ4v) is 6.65. The zero-order valence-corrected chi connectivity index (χ0v) is 17.2. The van der Waals surface area contributed by atoms with Crippen molar-refractivity contribution in [1.29, 1.82) is 0 Å². The molecule has 5 aromatic rings. The van der Waals surface area contributed by atoms with Crippen LogP contribution in [0, 0.1) is 13.8 Å². The summed E-state index contributed by atoms with van der Waals surface area (Å²) in [5.41, 5.74) is 2.61. The summed E-state index contributed by atoms with van der Waals surface area (Å²) in [6.45, 7) is 4.36. The molecule has 0 aromatic carbocycles. The van der Waals surface area contributed by atoms with E-state index in [0.29, 0.717) is 0 Å². The monoisotopic (exact) mass is 408 g/mol. The fraction of sp³-hybridized carbons (Fsp3) is 0.100. The quantitative estimate of drug-likeness (QED) is 0.355. The zero-order valence-electron chi connectivity index (χ0n) is 14.8. The van der Waals surface area contributed by atoms with E-state index in [9.17, 15) is 0 Å². The second kappa shape index (κ2) is 6.60. The maximum absolute atomic E-state index is 4.15. The van der Waals surface area contributed by atoms with E-state index < -0.39 is 0 Å². The topological polar surface area (TPSA) is 35.6 Å². The number of hydrogen-bond donors (Lipinski definition) is 0. The number of hydrogen-bond acceptors (Lipinski definition) is 5. The van der Waals surface area contributed by atoms with E-state index in [0.717, 1.165) is 0 Å². The molecule has 0 aliphatic heterocycles. The molecule has 0 aliphatic rings. The van der Waals surface area contributed by atoms with Crippen molar-refractivity contribution >= 4 is 34.0 Å². The number of aryl methyl sites for hydroxylation is 2. The Balaban J connectivity index is 1.51. The molecule has 0 saturated heterocycles. The molecule has 0 spiro atoms. The van der Waals surface area contributed by atoms with Gasteiger partial charge in [0.05, 0.1) is 12.7 Å². The Morgan fingerprint density at radius 1 is 0.704 bits per heavy atom. The highest BCUT2D eigenvalue weighted by Gasteiger charge is 2.15. The van der Waals surface area contributed by atoms with Crippen LogP contribution in [0.15, 0.2) is 61.7 Å². The summed E-state index contributed by atoms with van der Waals surface area (Å²) in [6, 6.07) is 8.95. The molecule has 27 heavy (non-hydrogen) atoms. The molecule has 0 saturated carbocycles. The van der Waals surface area contributed by atoms with Crippen LogP contribution in [0.3, 0.4) is 0 Å². The molecule has 0 aliphatic carbocycles. The highest BCUT2D eigenvalue weighted by molar-refractivity contribution is 7.27. The minimum absolute atomic E-state index is 1.20. The van der Waals surface area contributed by atoms with Gasteiger partial charge in [-0.3, -0.25) is 9.13 Å². The Bertz CT molecular complexity index is 1100. The molecular formula is C20H16N4S3. The van der Waals surface area contributed by atoms with Gasteiger partial charge in [-0.15, -0.1) is 34.0 Å². The third-order valence-electron chi connectivity index (χ3n) is 4.38. The first-order valence-electron chi connectivity index (χ1n) is 8.47. The lowest BCUT2D eigenvalue weighted by Gasteiger charge is -1.96. The molecule has 134 valence electrons. The van der Waals surface area contributed by atoms with Crippen molar-refractivity contribution in [3.8, 4) is 29.5 Å². The van der Waals surface area contributed by atoms with Gasteiger partial charge in [-0.1, -0.05) is 0 Å². The summed E-state index contributed by atoms with van der Waals surface area (Å²) in [5.74, 6) is 0. The van der Waals surface area contributed by atoms with E-state index in [2.05, 4.69) is 57.2 Å². The molecule has 0 bridgehead atoms. The Hall–Kier alpha value is -2.48. The summed E-state index contributed by atoms with van der Waals surface area (Å²) >= 11 is 5.48. The predicted molar refractivity (Wildman–Crippen MR) is 115 cm³/mol. The predicted octanol–water partition coefficient (Wildman–Crippen LogP) is 6.19. The molecule has 5 aromatic heterocycles. The highest BCUT2D eigenvalue weighted by atomic mass is 32.1. The Morgan fingerprint density at radius 3 is 1.59 bits per heavy atom. The molecule has 0 amide bonds. The summed E-state index contributed by atoms with van der Waals surface area (Å²) in [7, 11) is 0. The van der Waals surface area contributed by atoms with E-state index in [1.54, 1.807) is 0 Å². The van der Waals surface area contributed by atoms with Crippen LogP contribution in [-0.4, -0.2) is 19.1 Å². The van der Waals surface area contributed by atoms with Crippen LogP contribution in [0.5, 0.6) is 0 Å². The van der Waals surface area contributed by atoms with Crippen LogP contribution < -0.4 is 0 Å². The second-order valence-corrected chi connectivity index (χ2v) is 9.44. The molecule has 4 nitrogen and oxygen atoms in total. The van der Waals surface area contributed by atoms with Gasteiger partial charge >= 0.3 is 0 Å². The van der Waals surface area contributed by atoms with Gasteiger partial charge in [-0.2, -0.15) is 0 Å². The van der Waals surface area contributed by atoms with Crippen molar-refractivity contribution in [2.24, 2.45) is 0 Å². The summed E-state index contributed by atoms with van der Waals surface area (Å²) in [6.07, 6.45) is 11.3. The van der Waals surface area contributed by atoms with Gasteiger partial charge in [0.15, 0.2) is 0 Å². The Morgan fingerprint density at radius 2 is 1.19 bits per heavy atom. The minimum Gasteiger partial charge on any atom is -0.298 e. The maximum atomic E-state index is 4.15. The lowest BCUT2D eigenvalue weighted by atomic mass is 10.2. The largest absolute Gasteiger partial charge is 0.298 e. The molecule has 0 atom stereocenters. The molecule has 0 unspecified atom stereocenters. The smallest absolute Gasteiger partial charge is 0.101 e. The van der Waals surface area contributed by atoms with Crippen LogP contribution in [0.25, 0.3) is 29.5 Å². The first kappa shape index (κ1) is 16.7. The highest BCUT2D eigenvalue weighted by Crippen LogP contribution is 2.44. The van der Waals surface area contributed by atoms with E-state index in [1.807, 2.05) is 71.5 Å². The van der Waals surface area contributed by atoms with Crippen LogP contribution in [0.4, 0.5) is 0 Å². The third kappa shape index (κ3) is 2.97. The Labute approximate surface area is 169 Å². The van der Waals surface area contributed by atoms with E-state index >= 15 is 0 Å². The van der Waals surface area contributed by atoms with E-state index in [1.165, 1.54) is 40.6 Å². The van der Waals surface area contributed by atoms with E-state index in [-0.39, 0.29) is 0 Å². The third-order valence-corrected chi connectivity index (χ3v) is 8.33. The number of aromatic nitrogens is 4. The lowest BCUT2D eigenvalue weighted by Crippen LogP contribution is -1.82. The molecule has 7 heteroatoms. The maximum Gasteiger partial charge on any atom is 0.101 e. The first-order chi connectivity index (χ1) is 13.2. The molecule has 5 rings (SSSR count). The van der Waals surface area contributed by atoms with Crippen molar-refractivity contribution in [3.05, 3.63) is 72.8 Å². The number of rotatable bonds is 4. The summed E-state index contributed by atoms with van der Waals surface area (Å²) < 4.78 is 4.13. The molecular weight excluding hydrogens is 392 g/mol. The molecule has 0 radical (unpaired) electrons. The number of thiophene rings is 3. The van der Waals surface area contributed by atoms with Crippen molar-refractivity contribution in [1.82, 2.24) is 19.1 Å². The van der Waals surface area contributed by atoms with Gasteiger partial charge in [0, 0.05) is 44.3 Å². The van der Waals surface area contributed by atoms with Crippen LogP contribution in [0.1, 0.15) is 11.1 Å². The van der Waals surface area contributed by atoms with E-state index in [4.69, 9.17) is 0 Å². The molecule has 0 N–H and O–H groups in total. The van der Waals surface area contributed by atoms with Gasteiger partial charge < -0.3 is 0 Å². The SMILES string of the molecule is Cc1cc(-n2ccnc2)sc1-c1ccc(-c2sc(-n3ccnc3)cc2C)s1. The van der Waals surface area contributed by atoms with Gasteiger partial charge in [0.2, 0.25) is 0 Å². The van der Waals surface area contributed by atoms with Gasteiger partial charge in [0.25, 0.3) is 0 Å². The van der Waals surface area contributed by atoms with Gasteiger partial charge in [-0.25, -0.2) is 9.97 Å². The normalized spacial score (nSPS) is 11.3. The summed E-state index contributed by atoms with van der Waals surface area (Å²) in [4.78, 5) is 13.6. The molecule has 5 heterocycles. The van der Waals surface area contributed by atoms with Gasteiger partial charge in [-0.05, 0) is 49.2 Å². The zero-order chi connectivity index (χ0) is 18.4.